The number of piperidine rings is 1. The molecule has 2 aromatic carbocycles. The third kappa shape index (κ3) is 6.14. The summed E-state index contributed by atoms with van der Waals surface area (Å²) in [5, 5.41) is 9.90. The molecule has 0 N–H and O–H groups in total. The molecule has 4 heterocycles. The summed E-state index contributed by atoms with van der Waals surface area (Å²) in [5.74, 6) is -1.07. The highest BCUT2D eigenvalue weighted by atomic mass is 32.2. The third-order valence-corrected chi connectivity index (χ3v) is 11.5. The second-order valence-electron chi connectivity index (χ2n) is 12.8. The summed E-state index contributed by atoms with van der Waals surface area (Å²) < 4.78 is 47.1. The molecule has 3 aromatic rings. The van der Waals surface area contributed by atoms with Gasteiger partial charge in [0.2, 0.25) is 5.88 Å². The molecule has 2 amide bonds. The minimum atomic E-state index is -4.66. The molecule has 1 unspecified atom stereocenters. The summed E-state index contributed by atoms with van der Waals surface area (Å²) in [6.07, 6.45) is 2.11. The molecule has 50 heavy (non-hydrogen) atoms. The molecular weight excluding hydrogens is 660 g/mol. The number of amides is 2. The maximum Gasteiger partial charge on any atom is 0.411 e. The predicted molar refractivity (Wildman–Crippen MR) is 184 cm³/mol. The topological polar surface area (TPSA) is 146 Å². The number of sulfonamides is 1. The number of para-hydroxylation sites is 1. The van der Waals surface area contributed by atoms with Crippen LogP contribution >= 0.6 is 0 Å². The zero-order valence-corrected chi connectivity index (χ0v) is 29.6. The lowest BCUT2D eigenvalue weighted by atomic mass is 9.87. The first-order valence-electron chi connectivity index (χ1n) is 16.9. The van der Waals surface area contributed by atoms with Gasteiger partial charge >= 0.3 is 6.09 Å². The molecule has 14 heteroatoms. The van der Waals surface area contributed by atoms with Gasteiger partial charge in [0, 0.05) is 63.1 Å². The monoisotopic (exact) mass is 702 g/mol. The maximum absolute atomic E-state index is 15.0. The van der Waals surface area contributed by atoms with E-state index in [4.69, 9.17) is 14.2 Å². The number of rotatable bonds is 9. The van der Waals surface area contributed by atoms with Crippen molar-refractivity contribution in [2.24, 2.45) is 0 Å². The number of methoxy groups -OCH3 is 1. The molecule has 2 fully saturated rings. The Bertz CT molecular complexity index is 1900. The Morgan fingerprint density at radius 3 is 2.40 bits per heavy atom. The highest BCUT2D eigenvalue weighted by molar-refractivity contribution is 7.93. The Labute approximate surface area is 293 Å². The van der Waals surface area contributed by atoms with Crippen molar-refractivity contribution in [3.05, 3.63) is 77.5 Å². The van der Waals surface area contributed by atoms with Gasteiger partial charge in [0.15, 0.2) is 0 Å². The summed E-state index contributed by atoms with van der Waals surface area (Å²) in [5.41, 5.74) is -2.27. The number of nitriles is 1. The van der Waals surface area contributed by atoms with Crippen molar-refractivity contribution in [3.63, 3.8) is 0 Å². The molecule has 3 aliphatic heterocycles. The zero-order valence-electron chi connectivity index (χ0n) is 28.7. The number of benzene rings is 2. The van der Waals surface area contributed by atoms with Crippen LogP contribution in [0.3, 0.4) is 0 Å². The van der Waals surface area contributed by atoms with E-state index in [0.717, 1.165) is 39.0 Å². The minimum Gasteiger partial charge on any atom is -0.495 e. The lowest BCUT2D eigenvalue weighted by Crippen LogP contribution is -2.55. The van der Waals surface area contributed by atoms with E-state index in [1.165, 1.54) is 55.8 Å². The van der Waals surface area contributed by atoms with Gasteiger partial charge in [0.05, 0.1) is 36.6 Å². The second-order valence-corrected chi connectivity index (χ2v) is 14.5. The van der Waals surface area contributed by atoms with Gasteiger partial charge in [-0.1, -0.05) is 12.1 Å². The lowest BCUT2D eigenvalue weighted by Gasteiger charge is -2.43. The largest absolute Gasteiger partial charge is 0.495 e. The molecule has 13 nitrogen and oxygen atoms in total. The normalized spacial score (nSPS) is 20.4. The molecule has 0 spiro atoms. The summed E-state index contributed by atoms with van der Waals surface area (Å²) in [6.45, 7) is 11.0. The fourth-order valence-corrected chi connectivity index (χ4v) is 8.77. The van der Waals surface area contributed by atoms with Crippen molar-refractivity contribution in [2.75, 3.05) is 57.3 Å². The molecule has 1 atom stereocenters. The third-order valence-electron chi connectivity index (χ3n) is 9.79. The van der Waals surface area contributed by atoms with Crippen LogP contribution in [0.1, 0.15) is 50.3 Å². The number of fused-ring (bicyclic) bond motifs is 1. The fraction of sp³-hybridized carbons (Fsp3) is 0.444. The van der Waals surface area contributed by atoms with Gasteiger partial charge in [-0.3, -0.25) is 14.6 Å². The van der Waals surface area contributed by atoms with E-state index in [0.29, 0.717) is 29.5 Å². The minimum absolute atomic E-state index is 0.000218. The van der Waals surface area contributed by atoms with Crippen molar-refractivity contribution >= 4 is 27.7 Å². The Balaban J connectivity index is 1.40. The number of pyridine rings is 1. The highest BCUT2D eigenvalue weighted by Crippen LogP contribution is 2.52. The number of aromatic nitrogens is 1. The SMILES string of the molecule is CCOc1ncccc1C1(OC(=O)N2CCC(N3CCN(C(C)C)CC3)CC2)C(=O)N(S(=O)(=O)c2ccccc2OC)c2ccc(C#N)cc21. The van der Waals surface area contributed by atoms with Crippen LogP contribution in [0.15, 0.2) is 65.7 Å². The van der Waals surface area contributed by atoms with Crippen LogP contribution in [0.2, 0.25) is 0 Å². The van der Waals surface area contributed by atoms with E-state index in [1.807, 2.05) is 0 Å². The first kappa shape index (κ1) is 35.1. The highest BCUT2D eigenvalue weighted by Gasteiger charge is 2.61. The van der Waals surface area contributed by atoms with Crippen molar-refractivity contribution in [1.29, 1.82) is 5.26 Å². The Kier molecular flexibility index (Phi) is 10.0. The van der Waals surface area contributed by atoms with Gasteiger partial charge in [-0.25, -0.2) is 18.2 Å². The van der Waals surface area contributed by atoms with E-state index in [9.17, 15) is 18.5 Å². The van der Waals surface area contributed by atoms with Crippen LogP contribution in [0.5, 0.6) is 11.6 Å². The first-order valence-corrected chi connectivity index (χ1v) is 18.3. The standard InChI is InChI=1S/C36H42N6O7S/c1-5-48-33-28(9-8-16-38-33)36(49-35(44)41-17-14-27(15-18-41)40-21-19-39(20-22-40)25(2)3)29-23-26(24-37)12-13-30(29)42(34(36)43)50(45,46)32-11-7-6-10-31(32)47-4/h6-13,16,23,25,27H,5,14-15,17-22H2,1-4H3. The van der Waals surface area contributed by atoms with Gasteiger partial charge in [0.1, 0.15) is 10.6 Å². The molecule has 0 aliphatic carbocycles. The zero-order chi connectivity index (χ0) is 35.6. The Morgan fingerprint density at radius 1 is 1.02 bits per heavy atom. The van der Waals surface area contributed by atoms with Crippen molar-refractivity contribution in [3.8, 4) is 17.7 Å². The molecule has 0 bridgehead atoms. The number of piperazine rings is 1. The smallest absolute Gasteiger partial charge is 0.411 e. The summed E-state index contributed by atoms with van der Waals surface area (Å²) in [7, 11) is -3.33. The fourth-order valence-electron chi connectivity index (χ4n) is 7.15. The van der Waals surface area contributed by atoms with Crippen molar-refractivity contribution < 1.29 is 32.2 Å². The van der Waals surface area contributed by atoms with E-state index in [-0.39, 0.29) is 45.5 Å². The van der Waals surface area contributed by atoms with Gasteiger partial charge in [-0.05, 0) is 76.1 Å². The van der Waals surface area contributed by atoms with Crippen molar-refractivity contribution in [1.82, 2.24) is 19.7 Å². The van der Waals surface area contributed by atoms with Gasteiger partial charge in [0.25, 0.3) is 21.5 Å². The average Bonchev–Trinajstić information content (AvgIpc) is 3.39. The van der Waals surface area contributed by atoms with Crippen LogP contribution in [-0.2, 0) is 25.2 Å². The number of likely N-dealkylation sites (tertiary alicyclic amines) is 1. The maximum atomic E-state index is 15.0. The number of carbonyl (C=O) groups excluding carboxylic acids is 2. The van der Waals surface area contributed by atoms with Crippen molar-refractivity contribution in [2.45, 2.75) is 56.2 Å². The Morgan fingerprint density at radius 2 is 1.74 bits per heavy atom. The van der Waals surface area contributed by atoms with Gasteiger partial charge in [-0.2, -0.15) is 9.57 Å². The van der Waals surface area contributed by atoms with Crippen LogP contribution in [0.25, 0.3) is 0 Å². The number of hydrogen-bond donors (Lipinski definition) is 0. The lowest BCUT2D eigenvalue weighted by molar-refractivity contribution is -0.132. The Hall–Kier alpha value is -4.71. The second kappa shape index (κ2) is 14.3. The first-order chi connectivity index (χ1) is 24.1. The van der Waals surface area contributed by atoms with Gasteiger partial charge in [-0.15, -0.1) is 0 Å². The molecule has 0 saturated carbocycles. The predicted octanol–water partition coefficient (Wildman–Crippen LogP) is 3.97. The molecule has 3 aliphatic rings. The number of nitrogens with zero attached hydrogens (tertiary/aromatic N) is 6. The summed E-state index contributed by atoms with van der Waals surface area (Å²) in [6, 6.07) is 16.0. The van der Waals surface area contributed by atoms with Crippen LogP contribution in [0.4, 0.5) is 10.5 Å². The number of hydrogen-bond acceptors (Lipinski definition) is 11. The van der Waals surface area contributed by atoms with Crippen LogP contribution in [0, 0.1) is 11.3 Å². The summed E-state index contributed by atoms with van der Waals surface area (Å²) in [4.78, 5) is 39.9. The van der Waals surface area contributed by atoms with E-state index in [2.05, 4.69) is 34.7 Å². The molecule has 264 valence electrons. The molecule has 1 aromatic heterocycles. The average molecular weight is 703 g/mol. The van der Waals surface area contributed by atoms with E-state index in [1.54, 1.807) is 24.0 Å². The number of ether oxygens (including phenoxy) is 3. The van der Waals surface area contributed by atoms with E-state index >= 15 is 4.79 Å². The quantitative estimate of drug-likeness (QED) is 0.319. The molecule has 6 rings (SSSR count). The number of anilines is 1. The molecular formula is C36H42N6O7S. The molecule has 2 saturated heterocycles. The van der Waals surface area contributed by atoms with Crippen LogP contribution < -0.4 is 13.8 Å². The number of carbonyl (C=O) groups is 2. The van der Waals surface area contributed by atoms with E-state index < -0.39 is 27.6 Å². The van der Waals surface area contributed by atoms with Crippen LogP contribution in [-0.4, -0.2) is 105 Å². The summed E-state index contributed by atoms with van der Waals surface area (Å²) >= 11 is 0. The molecule has 0 radical (unpaired) electrons. The van der Waals surface area contributed by atoms with Gasteiger partial charge < -0.3 is 19.1 Å².